The highest BCUT2D eigenvalue weighted by molar-refractivity contribution is 5.75. The molecule has 0 saturated heterocycles. The van der Waals surface area contributed by atoms with Crippen molar-refractivity contribution < 1.29 is 0 Å². The molecule has 0 amide bonds. The highest BCUT2D eigenvalue weighted by Crippen LogP contribution is 2.35. The molecule has 4 heteroatoms. The van der Waals surface area contributed by atoms with Crippen LogP contribution in [0.2, 0.25) is 0 Å². The number of aromatic nitrogens is 2. The van der Waals surface area contributed by atoms with Gasteiger partial charge in [-0.05, 0) is 51.8 Å². The first-order valence-electron chi connectivity index (χ1n) is 7.49. The summed E-state index contributed by atoms with van der Waals surface area (Å²) in [5, 5.41) is 0. The van der Waals surface area contributed by atoms with Crippen LogP contribution in [0, 0.1) is 6.92 Å². The molecule has 21 heavy (non-hydrogen) atoms. The van der Waals surface area contributed by atoms with Crippen LogP contribution in [-0.4, -0.2) is 23.1 Å². The normalized spacial score (nSPS) is 14.6. The van der Waals surface area contributed by atoms with Crippen molar-refractivity contribution in [2.45, 2.75) is 39.7 Å². The molecule has 1 aromatic heterocycles. The zero-order valence-electron chi connectivity index (χ0n) is 13.6. The van der Waals surface area contributed by atoms with E-state index < -0.39 is 0 Å². The third-order valence-corrected chi connectivity index (χ3v) is 4.23. The van der Waals surface area contributed by atoms with Gasteiger partial charge in [0.05, 0.1) is 0 Å². The number of imidazole rings is 1. The molecular formula is C17H24N4. The fourth-order valence-electron chi connectivity index (χ4n) is 3.32. The lowest BCUT2D eigenvalue weighted by Crippen LogP contribution is -2.24. The molecule has 2 heterocycles. The van der Waals surface area contributed by atoms with E-state index in [4.69, 9.17) is 10.7 Å². The van der Waals surface area contributed by atoms with E-state index in [1.165, 1.54) is 11.3 Å². The maximum atomic E-state index is 6.38. The van der Waals surface area contributed by atoms with Crippen LogP contribution in [0.3, 0.4) is 0 Å². The molecule has 1 aromatic carbocycles. The Morgan fingerprint density at radius 2 is 1.95 bits per heavy atom. The molecule has 0 bridgehead atoms. The van der Waals surface area contributed by atoms with Crippen LogP contribution in [0.5, 0.6) is 0 Å². The molecule has 0 atom stereocenters. The van der Waals surface area contributed by atoms with E-state index in [1.807, 2.05) is 6.92 Å². The largest absolute Gasteiger partial charge is 0.383 e. The molecule has 0 saturated carbocycles. The molecule has 112 valence electrons. The first kappa shape index (κ1) is 14.0. The number of rotatable bonds is 1. The lowest BCUT2D eigenvalue weighted by atomic mass is 10.1. The molecule has 0 spiro atoms. The second-order valence-electron chi connectivity index (χ2n) is 6.91. The Bertz CT molecular complexity index is 692. The molecule has 0 radical (unpaired) electrons. The predicted molar refractivity (Wildman–Crippen MR) is 88.8 cm³/mol. The molecule has 1 aliphatic heterocycles. The van der Waals surface area contributed by atoms with Crippen molar-refractivity contribution in [3.8, 4) is 11.3 Å². The van der Waals surface area contributed by atoms with E-state index in [9.17, 15) is 0 Å². The quantitative estimate of drug-likeness (QED) is 0.875. The molecule has 3 rings (SSSR count). The Morgan fingerprint density at radius 1 is 1.24 bits per heavy atom. The summed E-state index contributed by atoms with van der Waals surface area (Å²) in [7, 11) is 2.14. The number of nitrogen functional groups attached to an aromatic ring is 1. The summed E-state index contributed by atoms with van der Waals surface area (Å²) in [4.78, 5) is 7.01. The van der Waals surface area contributed by atoms with Crippen LogP contribution in [-0.2, 0) is 12.0 Å². The zero-order valence-corrected chi connectivity index (χ0v) is 13.6. The van der Waals surface area contributed by atoms with Gasteiger partial charge in [0.2, 0.25) is 0 Å². The molecular weight excluding hydrogens is 260 g/mol. The van der Waals surface area contributed by atoms with Crippen molar-refractivity contribution in [1.29, 1.82) is 0 Å². The smallest absolute Gasteiger partial charge is 0.132 e. The fourth-order valence-corrected chi connectivity index (χ4v) is 3.32. The third kappa shape index (κ3) is 2.19. The summed E-state index contributed by atoms with van der Waals surface area (Å²) < 4.78 is 2.11. The van der Waals surface area contributed by atoms with Crippen LogP contribution < -0.4 is 10.6 Å². The van der Waals surface area contributed by atoms with Gasteiger partial charge < -0.3 is 15.2 Å². The average Bonchev–Trinajstić information content (AvgIpc) is 2.89. The number of benzene rings is 1. The van der Waals surface area contributed by atoms with Gasteiger partial charge in [-0.3, -0.25) is 0 Å². The van der Waals surface area contributed by atoms with Crippen LogP contribution in [0.4, 0.5) is 11.5 Å². The van der Waals surface area contributed by atoms with E-state index in [1.54, 1.807) is 0 Å². The van der Waals surface area contributed by atoms with Crippen molar-refractivity contribution in [2.75, 3.05) is 24.2 Å². The van der Waals surface area contributed by atoms with Gasteiger partial charge >= 0.3 is 0 Å². The maximum Gasteiger partial charge on any atom is 0.132 e. The van der Waals surface area contributed by atoms with Crippen molar-refractivity contribution in [1.82, 2.24) is 9.55 Å². The Hall–Kier alpha value is -1.97. The summed E-state index contributed by atoms with van der Waals surface area (Å²) in [6, 6.07) is 6.55. The Morgan fingerprint density at radius 3 is 2.57 bits per heavy atom. The van der Waals surface area contributed by atoms with Gasteiger partial charge in [-0.2, -0.15) is 0 Å². The van der Waals surface area contributed by atoms with E-state index >= 15 is 0 Å². The Balaban J connectivity index is 2.10. The molecule has 4 nitrogen and oxygen atoms in total. The highest BCUT2D eigenvalue weighted by Gasteiger charge is 2.23. The number of anilines is 2. The summed E-state index contributed by atoms with van der Waals surface area (Å²) >= 11 is 0. The van der Waals surface area contributed by atoms with E-state index in [2.05, 4.69) is 55.5 Å². The second-order valence-corrected chi connectivity index (χ2v) is 6.91. The minimum Gasteiger partial charge on any atom is -0.383 e. The number of hydrogen-bond donors (Lipinski definition) is 1. The summed E-state index contributed by atoms with van der Waals surface area (Å²) in [6.45, 7) is 9.56. The van der Waals surface area contributed by atoms with Crippen molar-refractivity contribution in [2.24, 2.45) is 0 Å². The number of nitrogens with zero attached hydrogens (tertiary/aromatic N) is 3. The molecule has 0 fully saturated rings. The van der Waals surface area contributed by atoms with Gasteiger partial charge in [0, 0.05) is 30.4 Å². The van der Waals surface area contributed by atoms with Gasteiger partial charge in [0.1, 0.15) is 17.3 Å². The summed E-state index contributed by atoms with van der Waals surface area (Å²) in [5.74, 6) is 1.72. The molecule has 2 aromatic rings. The third-order valence-electron chi connectivity index (χ3n) is 4.23. The molecule has 2 N–H and O–H groups in total. The van der Waals surface area contributed by atoms with E-state index in [-0.39, 0.29) is 5.54 Å². The predicted octanol–water partition coefficient (Wildman–Crippen LogP) is 3.19. The number of fused-ring (bicyclic) bond motifs is 1. The number of nitrogens with two attached hydrogens (primary N) is 1. The zero-order chi connectivity index (χ0) is 15.4. The van der Waals surface area contributed by atoms with Crippen LogP contribution in [0.25, 0.3) is 11.3 Å². The maximum absolute atomic E-state index is 6.38. The van der Waals surface area contributed by atoms with Gasteiger partial charge in [-0.1, -0.05) is 6.07 Å². The van der Waals surface area contributed by atoms with Crippen LogP contribution >= 0.6 is 0 Å². The first-order chi connectivity index (χ1) is 9.79. The van der Waals surface area contributed by atoms with Gasteiger partial charge in [-0.25, -0.2) is 4.98 Å². The summed E-state index contributed by atoms with van der Waals surface area (Å²) in [6.07, 6.45) is 1.10. The number of hydrogen-bond acceptors (Lipinski definition) is 3. The van der Waals surface area contributed by atoms with E-state index in [0.29, 0.717) is 0 Å². The molecule has 0 unspecified atom stereocenters. The highest BCUT2D eigenvalue weighted by atomic mass is 15.2. The second kappa shape index (κ2) is 4.52. The molecule has 1 aliphatic rings. The number of likely N-dealkylation sites (N-methyl/N-ethyl adjacent to an activating group) is 1. The van der Waals surface area contributed by atoms with Crippen molar-refractivity contribution >= 4 is 11.5 Å². The first-order valence-corrected chi connectivity index (χ1v) is 7.49. The topological polar surface area (TPSA) is 47.1 Å². The standard InChI is InChI=1S/C17H24N4/c1-11-19-15(16(18)21(11)17(2,3)4)13-6-7-14-12(10-13)8-9-20(14)5/h6-7,10H,8-9,18H2,1-5H3. The van der Waals surface area contributed by atoms with Crippen LogP contribution in [0.1, 0.15) is 32.2 Å². The minimum absolute atomic E-state index is 0.0592. The Kier molecular flexibility index (Phi) is 3.01. The van der Waals surface area contributed by atoms with Crippen molar-refractivity contribution in [3.63, 3.8) is 0 Å². The molecule has 0 aliphatic carbocycles. The van der Waals surface area contributed by atoms with Crippen LogP contribution in [0.15, 0.2) is 18.2 Å². The Labute approximate surface area is 126 Å². The lowest BCUT2D eigenvalue weighted by Gasteiger charge is -2.24. The average molecular weight is 284 g/mol. The SMILES string of the molecule is Cc1nc(-c2ccc3c(c2)CCN3C)c(N)n1C(C)(C)C. The van der Waals surface area contributed by atoms with Gasteiger partial charge in [0.15, 0.2) is 0 Å². The lowest BCUT2D eigenvalue weighted by molar-refractivity contribution is 0.393. The van der Waals surface area contributed by atoms with E-state index in [0.717, 1.165) is 35.9 Å². The fraction of sp³-hybridized carbons (Fsp3) is 0.471. The van der Waals surface area contributed by atoms with Gasteiger partial charge in [-0.15, -0.1) is 0 Å². The minimum atomic E-state index is -0.0592. The number of aryl methyl sites for hydroxylation is 1. The monoisotopic (exact) mass is 284 g/mol. The van der Waals surface area contributed by atoms with Crippen molar-refractivity contribution in [3.05, 3.63) is 29.6 Å². The van der Waals surface area contributed by atoms with Gasteiger partial charge in [0.25, 0.3) is 0 Å². The summed E-state index contributed by atoms with van der Waals surface area (Å²) in [5.41, 5.74) is 11.1.